The number of benzene rings is 1. The molecule has 0 heterocycles. The van der Waals surface area contributed by atoms with E-state index in [-0.39, 0.29) is 10.6 Å². The molecule has 86 valence electrons. The molecule has 16 heavy (non-hydrogen) atoms. The van der Waals surface area contributed by atoms with E-state index in [0.717, 1.165) is 31.2 Å². The summed E-state index contributed by atoms with van der Waals surface area (Å²) < 4.78 is -0.487. The summed E-state index contributed by atoms with van der Waals surface area (Å²) in [6.45, 7) is 0. The molecule has 1 fully saturated rings. The number of rotatable bonds is 1. The predicted molar refractivity (Wildman–Crippen MR) is 73.2 cm³/mol. The normalized spacial score (nSPS) is 31.1. The zero-order valence-corrected chi connectivity index (χ0v) is 12.1. The number of carbonyl (C=O) groups is 1. The lowest BCUT2D eigenvalue weighted by Gasteiger charge is -2.26. The van der Waals surface area contributed by atoms with Crippen LogP contribution >= 0.6 is 31.9 Å². The van der Waals surface area contributed by atoms with Crippen molar-refractivity contribution in [3.63, 3.8) is 0 Å². The van der Waals surface area contributed by atoms with Crippen molar-refractivity contribution in [3.05, 3.63) is 35.9 Å². The van der Waals surface area contributed by atoms with E-state index in [4.69, 9.17) is 0 Å². The van der Waals surface area contributed by atoms with Crippen LogP contribution in [0.1, 0.15) is 31.2 Å². The average Bonchev–Trinajstić information content (AvgIpc) is 2.45. The van der Waals surface area contributed by atoms with Gasteiger partial charge in [0.15, 0.2) is 5.78 Å². The molecule has 0 spiro atoms. The number of ketones is 1. The van der Waals surface area contributed by atoms with Crippen LogP contribution in [0.4, 0.5) is 0 Å². The molecule has 0 aromatic heterocycles. The molecule has 2 atom stereocenters. The Morgan fingerprint density at radius 2 is 1.88 bits per heavy atom. The Bertz CT molecular complexity index is 377. The summed E-state index contributed by atoms with van der Waals surface area (Å²) in [7, 11) is 0. The van der Waals surface area contributed by atoms with Crippen LogP contribution in [-0.2, 0) is 9.12 Å². The van der Waals surface area contributed by atoms with Crippen molar-refractivity contribution in [2.45, 2.75) is 34.8 Å². The van der Waals surface area contributed by atoms with Crippen molar-refractivity contribution >= 4 is 37.6 Å². The lowest BCUT2D eigenvalue weighted by Crippen LogP contribution is -2.33. The molecule has 1 aromatic rings. The Labute approximate surface area is 113 Å². The van der Waals surface area contributed by atoms with Gasteiger partial charge in [0.05, 0.1) is 4.83 Å². The van der Waals surface area contributed by atoms with Crippen molar-refractivity contribution in [1.82, 2.24) is 0 Å². The van der Waals surface area contributed by atoms with Crippen molar-refractivity contribution in [1.29, 1.82) is 0 Å². The van der Waals surface area contributed by atoms with Crippen LogP contribution in [0.15, 0.2) is 30.3 Å². The van der Waals surface area contributed by atoms with Gasteiger partial charge >= 0.3 is 0 Å². The van der Waals surface area contributed by atoms with Crippen LogP contribution in [0.3, 0.4) is 0 Å². The summed E-state index contributed by atoms with van der Waals surface area (Å²) in [6, 6.07) is 10.0. The molecule has 1 aliphatic rings. The topological polar surface area (TPSA) is 17.1 Å². The first-order valence-corrected chi connectivity index (χ1v) is 7.28. The summed E-state index contributed by atoms with van der Waals surface area (Å²) in [4.78, 5) is 12.4. The maximum Gasteiger partial charge on any atom is 0.167 e. The average molecular weight is 346 g/mol. The van der Waals surface area contributed by atoms with E-state index in [1.165, 1.54) is 0 Å². The summed E-state index contributed by atoms with van der Waals surface area (Å²) in [5.74, 6) is 0.260. The smallest absolute Gasteiger partial charge is 0.167 e. The molecule has 0 N–H and O–H groups in total. The number of halogens is 2. The van der Waals surface area contributed by atoms with Crippen molar-refractivity contribution in [2.24, 2.45) is 0 Å². The van der Waals surface area contributed by atoms with Crippen LogP contribution in [-0.4, -0.2) is 10.6 Å². The molecule has 0 bridgehead atoms. The molecule has 2 rings (SSSR count). The van der Waals surface area contributed by atoms with Gasteiger partial charge in [-0.2, -0.15) is 0 Å². The first-order valence-electron chi connectivity index (χ1n) is 5.57. The van der Waals surface area contributed by atoms with E-state index >= 15 is 0 Å². The van der Waals surface area contributed by atoms with Gasteiger partial charge < -0.3 is 0 Å². The lowest BCUT2D eigenvalue weighted by molar-refractivity contribution is -0.120. The fourth-order valence-corrected chi connectivity index (χ4v) is 4.03. The van der Waals surface area contributed by atoms with Gasteiger partial charge in [-0.25, -0.2) is 0 Å². The summed E-state index contributed by atoms with van der Waals surface area (Å²) in [6.07, 6.45) is 4.03. The maximum absolute atomic E-state index is 12.4. The van der Waals surface area contributed by atoms with Crippen LogP contribution in [0.25, 0.3) is 0 Å². The number of carbonyl (C=O) groups excluding carboxylic acids is 1. The first-order chi connectivity index (χ1) is 7.64. The zero-order valence-electron chi connectivity index (χ0n) is 8.96. The molecule has 0 radical (unpaired) electrons. The Morgan fingerprint density at radius 3 is 2.56 bits per heavy atom. The van der Waals surface area contributed by atoms with Crippen molar-refractivity contribution in [2.75, 3.05) is 0 Å². The van der Waals surface area contributed by atoms with Gasteiger partial charge in [-0.05, 0) is 18.4 Å². The van der Waals surface area contributed by atoms with Crippen LogP contribution < -0.4 is 0 Å². The third kappa shape index (κ3) is 2.25. The van der Waals surface area contributed by atoms with Gasteiger partial charge in [0.1, 0.15) is 4.32 Å². The molecule has 3 heteroatoms. The minimum atomic E-state index is -0.487. The van der Waals surface area contributed by atoms with Crippen LogP contribution in [0.5, 0.6) is 0 Å². The molecule has 1 saturated carbocycles. The van der Waals surface area contributed by atoms with Gasteiger partial charge in [0.25, 0.3) is 0 Å². The van der Waals surface area contributed by atoms with E-state index in [1.807, 2.05) is 30.3 Å². The predicted octanol–water partition coefficient (Wildman–Crippen LogP) is 4.18. The minimum Gasteiger partial charge on any atom is -0.296 e. The maximum atomic E-state index is 12.4. The van der Waals surface area contributed by atoms with E-state index in [9.17, 15) is 4.79 Å². The van der Waals surface area contributed by atoms with Gasteiger partial charge in [0.2, 0.25) is 0 Å². The van der Waals surface area contributed by atoms with Gasteiger partial charge in [-0.1, -0.05) is 75.0 Å². The highest BCUT2D eigenvalue weighted by Crippen LogP contribution is 2.42. The largest absolute Gasteiger partial charge is 0.296 e. The molecule has 1 aromatic carbocycles. The van der Waals surface area contributed by atoms with E-state index in [0.29, 0.717) is 0 Å². The van der Waals surface area contributed by atoms with Gasteiger partial charge in [-0.15, -0.1) is 0 Å². The number of hydrogen-bond donors (Lipinski definition) is 0. The Kier molecular flexibility index (Phi) is 3.85. The molecular weight excluding hydrogens is 332 g/mol. The minimum absolute atomic E-state index is 0.0189. The van der Waals surface area contributed by atoms with Crippen LogP contribution in [0, 0.1) is 0 Å². The fraction of sp³-hybridized carbons (Fsp3) is 0.462. The SMILES string of the molecule is O=C1C(Br)CCCCC1(Br)c1ccccc1. The monoisotopic (exact) mass is 344 g/mol. The molecule has 0 aliphatic heterocycles. The third-order valence-electron chi connectivity index (χ3n) is 3.14. The van der Waals surface area contributed by atoms with Crippen molar-refractivity contribution in [3.8, 4) is 0 Å². The molecule has 0 amide bonds. The highest BCUT2D eigenvalue weighted by Gasteiger charge is 2.41. The number of hydrogen-bond acceptors (Lipinski definition) is 1. The third-order valence-corrected chi connectivity index (χ3v) is 5.25. The van der Waals surface area contributed by atoms with E-state index in [2.05, 4.69) is 31.9 Å². The highest BCUT2D eigenvalue weighted by atomic mass is 79.9. The van der Waals surface area contributed by atoms with Crippen molar-refractivity contribution < 1.29 is 4.79 Å². The number of alkyl halides is 2. The second kappa shape index (κ2) is 5.01. The van der Waals surface area contributed by atoms with E-state index in [1.54, 1.807) is 0 Å². The molecule has 1 aliphatic carbocycles. The summed E-state index contributed by atoms with van der Waals surface area (Å²) in [5, 5.41) is 0. The standard InChI is InChI=1S/C13H14Br2O/c14-11-8-4-5-9-13(15,12(11)16)10-6-2-1-3-7-10/h1-3,6-7,11H,4-5,8-9H2. The lowest BCUT2D eigenvalue weighted by atomic mass is 9.90. The Hall–Kier alpha value is -0.150. The zero-order chi connectivity index (χ0) is 11.6. The van der Waals surface area contributed by atoms with E-state index < -0.39 is 4.32 Å². The summed E-state index contributed by atoms with van der Waals surface area (Å²) in [5.41, 5.74) is 1.08. The molecule has 1 nitrogen and oxygen atoms in total. The van der Waals surface area contributed by atoms with Gasteiger partial charge in [-0.3, -0.25) is 4.79 Å². The fourth-order valence-electron chi connectivity index (χ4n) is 2.18. The molecular formula is C13H14Br2O. The molecule has 0 saturated heterocycles. The quantitative estimate of drug-likeness (QED) is 0.551. The second-order valence-electron chi connectivity index (χ2n) is 4.24. The second-order valence-corrected chi connectivity index (χ2v) is 6.70. The first kappa shape index (κ1) is 12.3. The van der Waals surface area contributed by atoms with Gasteiger partial charge in [0, 0.05) is 0 Å². The number of Topliss-reactive ketones (excluding diaryl/α,β-unsaturated/α-hetero) is 1. The van der Waals surface area contributed by atoms with Crippen LogP contribution in [0.2, 0.25) is 0 Å². The Morgan fingerprint density at radius 1 is 1.19 bits per heavy atom. The molecule has 2 unspecified atom stereocenters. The summed E-state index contributed by atoms with van der Waals surface area (Å²) >= 11 is 7.18. The highest BCUT2D eigenvalue weighted by molar-refractivity contribution is 9.10. The Balaban J connectivity index is 2.38.